The minimum absolute atomic E-state index is 0. The zero-order valence-corrected chi connectivity index (χ0v) is 17.3. The highest BCUT2D eigenvalue weighted by Crippen LogP contribution is 2.17. The van der Waals surface area contributed by atoms with Crippen LogP contribution in [0.4, 0.5) is 0 Å². The largest absolute Gasteiger partial charge is 0.356 e. The summed E-state index contributed by atoms with van der Waals surface area (Å²) >= 11 is 1.75. The summed E-state index contributed by atoms with van der Waals surface area (Å²) in [4.78, 5) is 8.49. The first-order chi connectivity index (χ1) is 10.7. The van der Waals surface area contributed by atoms with Crippen molar-refractivity contribution in [3.05, 3.63) is 35.0 Å². The van der Waals surface area contributed by atoms with E-state index in [1.807, 2.05) is 6.08 Å². The van der Waals surface area contributed by atoms with Crippen molar-refractivity contribution in [1.29, 1.82) is 0 Å². The van der Waals surface area contributed by atoms with Crippen molar-refractivity contribution in [2.75, 3.05) is 26.2 Å². The Labute approximate surface area is 161 Å². The van der Waals surface area contributed by atoms with Crippen LogP contribution < -0.4 is 10.6 Å². The summed E-state index contributed by atoms with van der Waals surface area (Å²) in [7, 11) is 0. The van der Waals surface area contributed by atoms with Crippen LogP contribution >= 0.6 is 35.3 Å². The van der Waals surface area contributed by atoms with Crippen LogP contribution in [0.1, 0.15) is 25.1 Å². The number of rotatable bonds is 7. The summed E-state index contributed by atoms with van der Waals surface area (Å²) < 4.78 is 0. The molecule has 1 fully saturated rings. The molecule has 0 aromatic carbocycles. The zero-order valence-electron chi connectivity index (χ0n) is 14.1. The molecule has 4 nitrogen and oxygen atoms in total. The van der Waals surface area contributed by atoms with E-state index in [-0.39, 0.29) is 24.0 Å². The van der Waals surface area contributed by atoms with Gasteiger partial charge in [-0.1, -0.05) is 12.1 Å². The Bertz CT molecular complexity index is 473. The Morgan fingerprint density at radius 2 is 2.35 bits per heavy atom. The van der Waals surface area contributed by atoms with Crippen LogP contribution in [0.5, 0.6) is 0 Å². The molecule has 1 atom stereocenters. The molecule has 130 valence electrons. The molecule has 1 aromatic rings. The number of aliphatic imine (C=N–C) groups is 1. The van der Waals surface area contributed by atoms with Gasteiger partial charge in [0, 0.05) is 30.6 Å². The second-order valence-electron chi connectivity index (χ2n) is 6.04. The SMILES string of the molecule is C=CCNC(=NCc1cccs1)NCC1CCN(C(C)C)C1.I. The minimum atomic E-state index is 0. The van der Waals surface area contributed by atoms with Crippen LogP contribution in [0.2, 0.25) is 0 Å². The van der Waals surface area contributed by atoms with Crippen LogP contribution in [0.3, 0.4) is 0 Å². The standard InChI is InChI=1S/C17H28N4S.HI/c1-4-8-18-17(20-12-16-6-5-10-22-16)19-11-15-7-9-21(13-15)14(2)3;/h4-6,10,14-15H,1,7-9,11-13H2,2-3H3,(H2,18,19,20);1H. The maximum atomic E-state index is 4.66. The van der Waals surface area contributed by atoms with Gasteiger partial charge in [-0.25, -0.2) is 4.99 Å². The zero-order chi connectivity index (χ0) is 15.8. The predicted molar refractivity (Wildman–Crippen MR) is 112 cm³/mol. The highest BCUT2D eigenvalue weighted by molar-refractivity contribution is 14.0. The van der Waals surface area contributed by atoms with Crippen molar-refractivity contribution in [3.63, 3.8) is 0 Å². The van der Waals surface area contributed by atoms with E-state index < -0.39 is 0 Å². The Hall–Kier alpha value is -0.600. The van der Waals surface area contributed by atoms with Gasteiger partial charge in [0.2, 0.25) is 0 Å². The van der Waals surface area contributed by atoms with Crippen LogP contribution in [0.25, 0.3) is 0 Å². The fourth-order valence-corrected chi connectivity index (χ4v) is 3.27. The maximum absolute atomic E-state index is 4.66. The van der Waals surface area contributed by atoms with E-state index in [4.69, 9.17) is 0 Å². The summed E-state index contributed by atoms with van der Waals surface area (Å²) in [5.74, 6) is 1.59. The van der Waals surface area contributed by atoms with Crippen LogP contribution in [0.15, 0.2) is 35.2 Å². The first-order valence-electron chi connectivity index (χ1n) is 8.08. The molecule has 0 radical (unpaired) electrons. The average Bonchev–Trinajstić information content (AvgIpc) is 3.18. The van der Waals surface area contributed by atoms with Crippen molar-refractivity contribution in [3.8, 4) is 0 Å². The Balaban J connectivity index is 0.00000264. The number of halogens is 1. The van der Waals surface area contributed by atoms with E-state index in [2.05, 4.69) is 58.5 Å². The van der Waals surface area contributed by atoms with Crippen LogP contribution in [0, 0.1) is 5.92 Å². The highest BCUT2D eigenvalue weighted by atomic mass is 127. The molecule has 1 aliphatic rings. The first-order valence-corrected chi connectivity index (χ1v) is 8.96. The monoisotopic (exact) mass is 448 g/mol. The number of hydrogen-bond acceptors (Lipinski definition) is 3. The second-order valence-corrected chi connectivity index (χ2v) is 7.07. The molecule has 1 aromatic heterocycles. The van der Waals surface area contributed by atoms with Gasteiger partial charge in [0.25, 0.3) is 0 Å². The van der Waals surface area contributed by atoms with Crippen molar-refractivity contribution < 1.29 is 0 Å². The lowest BCUT2D eigenvalue weighted by molar-refractivity contribution is 0.265. The highest BCUT2D eigenvalue weighted by Gasteiger charge is 2.23. The molecule has 0 spiro atoms. The molecule has 1 aliphatic heterocycles. The summed E-state index contributed by atoms with van der Waals surface area (Å²) in [5, 5.41) is 8.88. The summed E-state index contributed by atoms with van der Waals surface area (Å²) in [6.45, 7) is 13.2. The fraction of sp³-hybridized carbons (Fsp3) is 0.588. The van der Waals surface area contributed by atoms with Crippen molar-refractivity contribution in [2.45, 2.75) is 32.9 Å². The normalized spacial score (nSPS) is 18.7. The van der Waals surface area contributed by atoms with Crippen molar-refractivity contribution in [1.82, 2.24) is 15.5 Å². The maximum Gasteiger partial charge on any atom is 0.191 e. The average molecular weight is 448 g/mol. The molecule has 0 saturated carbocycles. The fourth-order valence-electron chi connectivity index (χ4n) is 2.64. The van der Waals surface area contributed by atoms with Gasteiger partial charge in [-0.3, -0.25) is 0 Å². The van der Waals surface area contributed by atoms with E-state index in [9.17, 15) is 0 Å². The topological polar surface area (TPSA) is 39.7 Å². The quantitative estimate of drug-likeness (QED) is 0.291. The Morgan fingerprint density at radius 3 is 2.96 bits per heavy atom. The summed E-state index contributed by atoms with van der Waals surface area (Å²) in [6.07, 6.45) is 3.13. The third kappa shape index (κ3) is 7.22. The van der Waals surface area contributed by atoms with Gasteiger partial charge >= 0.3 is 0 Å². The van der Waals surface area contributed by atoms with Gasteiger partial charge in [0.1, 0.15) is 0 Å². The lowest BCUT2D eigenvalue weighted by atomic mass is 10.1. The molecule has 0 bridgehead atoms. The molecular formula is C17H29IN4S. The molecular weight excluding hydrogens is 419 g/mol. The molecule has 23 heavy (non-hydrogen) atoms. The molecule has 1 unspecified atom stereocenters. The number of likely N-dealkylation sites (tertiary alicyclic amines) is 1. The molecule has 0 aliphatic carbocycles. The number of hydrogen-bond donors (Lipinski definition) is 2. The van der Waals surface area contributed by atoms with E-state index in [1.165, 1.54) is 24.4 Å². The molecule has 1 saturated heterocycles. The predicted octanol–water partition coefficient (Wildman–Crippen LogP) is 3.32. The van der Waals surface area contributed by atoms with Gasteiger partial charge in [-0.05, 0) is 44.2 Å². The van der Waals surface area contributed by atoms with Gasteiger partial charge in [-0.15, -0.1) is 41.9 Å². The van der Waals surface area contributed by atoms with Gasteiger partial charge in [0.05, 0.1) is 6.54 Å². The number of guanidine groups is 1. The third-order valence-corrected chi connectivity index (χ3v) is 4.85. The van der Waals surface area contributed by atoms with Crippen molar-refractivity contribution in [2.24, 2.45) is 10.9 Å². The van der Waals surface area contributed by atoms with Gasteiger partial charge < -0.3 is 15.5 Å². The number of thiophene rings is 1. The number of nitrogens with zero attached hydrogens (tertiary/aromatic N) is 2. The molecule has 2 N–H and O–H groups in total. The minimum Gasteiger partial charge on any atom is -0.356 e. The molecule has 2 heterocycles. The molecule has 0 amide bonds. The first kappa shape index (κ1) is 20.4. The second kappa shape index (κ2) is 11.0. The lowest BCUT2D eigenvalue weighted by Crippen LogP contribution is -2.40. The summed E-state index contributed by atoms with van der Waals surface area (Å²) in [5.41, 5.74) is 0. The van der Waals surface area contributed by atoms with E-state index >= 15 is 0 Å². The van der Waals surface area contributed by atoms with E-state index in [1.54, 1.807) is 11.3 Å². The Kier molecular flexibility index (Phi) is 9.81. The molecule has 6 heteroatoms. The number of nitrogens with one attached hydrogen (secondary N) is 2. The molecule has 2 rings (SSSR count). The van der Waals surface area contributed by atoms with Gasteiger partial charge in [-0.2, -0.15) is 0 Å². The summed E-state index contributed by atoms with van der Waals surface area (Å²) in [6, 6.07) is 4.84. The van der Waals surface area contributed by atoms with Crippen LogP contribution in [-0.2, 0) is 6.54 Å². The smallest absolute Gasteiger partial charge is 0.191 e. The van der Waals surface area contributed by atoms with Crippen molar-refractivity contribution >= 4 is 41.3 Å². The van der Waals surface area contributed by atoms with Gasteiger partial charge in [0.15, 0.2) is 5.96 Å². The lowest BCUT2D eigenvalue weighted by Gasteiger charge is -2.20. The van der Waals surface area contributed by atoms with E-state index in [0.29, 0.717) is 12.0 Å². The Morgan fingerprint density at radius 1 is 1.52 bits per heavy atom. The van der Waals surface area contributed by atoms with Crippen LogP contribution in [-0.4, -0.2) is 43.1 Å². The van der Waals surface area contributed by atoms with E-state index in [0.717, 1.165) is 25.6 Å². The third-order valence-electron chi connectivity index (χ3n) is 3.99.